The number of aryl methyl sites for hydroxylation is 1. The Bertz CT molecular complexity index is 773. The smallest absolute Gasteiger partial charge is 0.254 e. The Hall–Kier alpha value is -1.80. The molecule has 0 bridgehead atoms. The fraction of sp³-hybridized carbons (Fsp3) is 0.435. The molecule has 26 heavy (non-hydrogen) atoms. The van der Waals surface area contributed by atoms with E-state index in [4.69, 9.17) is 11.6 Å². The van der Waals surface area contributed by atoms with Crippen molar-refractivity contribution in [1.29, 1.82) is 0 Å². The molecule has 2 aromatic rings. The zero-order chi connectivity index (χ0) is 18.1. The summed E-state index contributed by atoms with van der Waals surface area (Å²) in [7, 11) is 0. The maximum absolute atomic E-state index is 13.4. The van der Waals surface area contributed by atoms with Crippen molar-refractivity contribution in [2.24, 2.45) is 5.92 Å². The van der Waals surface area contributed by atoms with E-state index in [0.29, 0.717) is 5.92 Å². The van der Waals surface area contributed by atoms with Gasteiger partial charge in [-0.05, 0) is 43.9 Å². The van der Waals surface area contributed by atoms with Gasteiger partial charge in [0.15, 0.2) is 0 Å². The monoisotopic (exact) mass is 367 g/mol. The number of benzene rings is 2. The van der Waals surface area contributed by atoms with Crippen molar-refractivity contribution in [2.75, 3.05) is 6.54 Å². The number of carbonyl (C=O) groups is 1. The molecule has 1 saturated carbocycles. The zero-order valence-electron chi connectivity index (χ0n) is 15.3. The summed E-state index contributed by atoms with van der Waals surface area (Å²) in [5.74, 6) is 0.451. The number of hydrogen-bond acceptors (Lipinski definition) is 1. The molecule has 2 aliphatic rings. The number of alkyl halides is 1. The van der Waals surface area contributed by atoms with Gasteiger partial charge in [-0.25, -0.2) is 0 Å². The predicted octanol–water partition coefficient (Wildman–Crippen LogP) is 5.75. The highest BCUT2D eigenvalue weighted by molar-refractivity contribution is 6.24. The minimum absolute atomic E-state index is 0.0663. The standard InChI is InChI=1S/C23H26ClNO/c1-17-10-12-19(13-11-17)22(26)25-16-15-23(24)14-6-5-9-20(23)21(25)18-7-3-2-4-8-18/h2-4,7-8,10-13,20-21H,5-6,9,14-16H2,1H3/t20-,21-,23-/m0/s1. The molecule has 1 aliphatic carbocycles. The zero-order valence-corrected chi connectivity index (χ0v) is 16.1. The van der Waals surface area contributed by atoms with Crippen LogP contribution in [0, 0.1) is 12.8 Å². The number of amides is 1. The van der Waals surface area contributed by atoms with Gasteiger partial charge >= 0.3 is 0 Å². The second-order valence-electron chi connectivity index (χ2n) is 7.86. The number of piperidine rings is 1. The quantitative estimate of drug-likeness (QED) is 0.619. The van der Waals surface area contributed by atoms with Gasteiger partial charge in [0.1, 0.15) is 0 Å². The lowest BCUT2D eigenvalue weighted by Gasteiger charge is -2.52. The lowest BCUT2D eigenvalue weighted by Crippen LogP contribution is -2.53. The fourth-order valence-corrected chi connectivity index (χ4v) is 5.24. The SMILES string of the molecule is Cc1ccc(C(=O)N2CC[C@@]3(Cl)CCCC[C@H]3[C@@H]2c2ccccc2)cc1. The average Bonchev–Trinajstić information content (AvgIpc) is 2.67. The van der Waals surface area contributed by atoms with Crippen molar-refractivity contribution in [3.8, 4) is 0 Å². The summed E-state index contributed by atoms with van der Waals surface area (Å²) in [5.41, 5.74) is 3.16. The Morgan fingerprint density at radius 3 is 2.50 bits per heavy atom. The summed E-state index contributed by atoms with van der Waals surface area (Å²) < 4.78 is 0. The number of rotatable bonds is 2. The molecule has 0 unspecified atom stereocenters. The Morgan fingerprint density at radius 1 is 1.04 bits per heavy atom. The number of carbonyl (C=O) groups excluding carboxylic acids is 1. The van der Waals surface area contributed by atoms with Gasteiger partial charge in [0.2, 0.25) is 0 Å². The maximum atomic E-state index is 13.4. The summed E-state index contributed by atoms with van der Waals surface area (Å²) in [5, 5.41) is 0. The van der Waals surface area contributed by atoms with E-state index < -0.39 is 0 Å². The van der Waals surface area contributed by atoms with Crippen LogP contribution in [0.5, 0.6) is 0 Å². The molecule has 136 valence electrons. The highest BCUT2D eigenvalue weighted by Crippen LogP contribution is 2.52. The van der Waals surface area contributed by atoms with Crippen LogP contribution in [0.15, 0.2) is 54.6 Å². The third-order valence-corrected chi connectivity index (χ3v) is 6.87. The van der Waals surface area contributed by atoms with Crippen molar-refractivity contribution in [3.05, 3.63) is 71.3 Å². The summed E-state index contributed by atoms with van der Waals surface area (Å²) in [4.78, 5) is 15.3. The highest BCUT2D eigenvalue weighted by Gasteiger charge is 2.50. The number of hydrogen-bond donors (Lipinski definition) is 0. The summed E-state index contributed by atoms with van der Waals surface area (Å²) >= 11 is 7.12. The number of likely N-dealkylation sites (tertiary alicyclic amines) is 1. The first-order chi connectivity index (χ1) is 12.6. The molecule has 4 rings (SSSR count). The third kappa shape index (κ3) is 3.16. The van der Waals surface area contributed by atoms with Gasteiger partial charge in [0.25, 0.3) is 5.91 Å². The molecule has 1 saturated heterocycles. The van der Waals surface area contributed by atoms with Crippen molar-refractivity contribution in [1.82, 2.24) is 4.90 Å². The van der Waals surface area contributed by atoms with E-state index in [1.165, 1.54) is 24.0 Å². The summed E-state index contributed by atoms with van der Waals surface area (Å²) in [6.45, 7) is 2.78. The Morgan fingerprint density at radius 2 is 1.77 bits per heavy atom. The van der Waals surface area contributed by atoms with Crippen LogP contribution >= 0.6 is 11.6 Å². The van der Waals surface area contributed by atoms with Gasteiger partial charge < -0.3 is 4.90 Å². The van der Waals surface area contributed by atoms with Gasteiger partial charge in [0, 0.05) is 18.0 Å². The lowest BCUT2D eigenvalue weighted by atomic mass is 9.68. The number of nitrogens with zero attached hydrogens (tertiary/aromatic N) is 1. The minimum atomic E-state index is -0.164. The molecule has 2 fully saturated rings. The summed E-state index contributed by atoms with van der Waals surface area (Å²) in [6.07, 6.45) is 5.46. The molecule has 3 atom stereocenters. The Balaban J connectivity index is 1.72. The van der Waals surface area contributed by atoms with Crippen molar-refractivity contribution in [3.63, 3.8) is 0 Å². The Kier molecular flexibility index (Phi) is 4.79. The molecule has 1 amide bonds. The van der Waals surface area contributed by atoms with E-state index >= 15 is 0 Å². The third-order valence-electron chi connectivity index (χ3n) is 6.21. The van der Waals surface area contributed by atoms with E-state index in [1.807, 2.05) is 37.3 Å². The van der Waals surface area contributed by atoms with Gasteiger partial charge in [-0.3, -0.25) is 4.79 Å². The van der Waals surface area contributed by atoms with Crippen LogP contribution in [-0.2, 0) is 0 Å². The van der Waals surface area contributed by atoms with Crippen molar-refractivity contribution in [2.45, 2.75) is 49.9 Å². The van der Waals surface area contributed by atoms with Crippen molar-refractivity contribution >= 4 is 17.5 Å². The van der Waals surface area contributed by atoms with E-state index in [2.05, 4.69) is 29.2 Å². The van der Waals surface area contributed by atoms with Crippen LogP contribution in [0.25, 0.3) is 0 Å². The van der Waals surface area contributed by atoms with Gasteiger partial charge in [-0.2, -0.15) is 0 Å². The van der Waals surface area contributed by atoms with E-state index in [1.54, 1.807) is 0 Å². The first-order valence-electron chi connectivity index (χ1n) is 9.70. The molecule has 0 radical (unpaired) electrons. The van der Waals surface area contributed by atoms with Gasteiger partial charge in [0.05, 0.1) is 10.9 Å². The van der Waals surface area contributed by atoms with Crippen LogP contribution in [0.1, 0.15) is 59.6 Å². The molecule has 1 aliphatic heterocycles. The van der Waals surface area contributed by atoms with E-state index in [9.17, 15) is 4.79 Å². The van der Waals surface area contributed by atoms with Crippen LogP contribution in [-0.4, -0.2) is 22.2 Å². The molecule has 2 nitrogen and oxygen atoms in total. The number of fused-ring (bicyclic) bond motifs is 1. The second kappa shape index (κ2) is 7.08. The van der Waals surface area contributed by atoms with Crippen LogP contribution in [0.4, 0.5) is 0 Å². The molecule has 0 aromatic heterocycles. The fourth-order valence-electron chi connectivity index (χ4n) is 4.79. The largest absolute Gasteiger partial charge is 0.331 e. The maximum Gasteiger partial charge on any atom is 0.254 e. The highest BCUT2D eigenvalue weighted by atomic mass is 35.5. The summed E-state index contributed by atoms with van der Waals surface area (Å²) in [6, 6.07) is 18.5. The van der Waals surface area contributed by atoms with Crippen LogP contribution in [0.2, 0.25) is 0 Å². The minimum Gasteiger partial charge on any atom is -0.331 e. The molecule has 0 spiro atoms. The van der Waals surface area contributed by atoms with E-state index in [0.717, 1.165) is 31.4 Å². The Labute approximate surface area is 161 Å². The van der Waals surface area contributed by atoms with Crippen molar-refractivity contribution < 1.29 is 4.79 Å². The molecular formula is C23H26ClNO. The molecule has 1 heterocycles. The molecular weight excluding hydrogens is 342 g/mol. The lowest BCUT2D eigenvalue weighted by molar-refractivity contribution is 0.0279. The van der Waals surface area contributed by atoms with Crippen LogP contribution < -0.4 is 0 Å². The topological polar surface area (TPSA) is 20.3 Å². The molecule has 2 aromatic carbocycles. The van der Waals surface area contributed by atoms with Gasteiger partial charge in [-0.15, -0.1) is 11.6 Å². The molecule has 3 heteroatoms. The first-order valence-corrected chi connectivity index (χ1v) is 10.1. The normalized spacial score (nSPS) is 28.5. The number of halogens is 1. The second-order valence-corrected chi connectivity index (χ2v) is 8.61. The molecule has 0 N–H and O–H groups in total. The predicted molar refractivity (Wildman–Crippen MR) is 107 cm³/mol. The van der Waals surface area contributed by atoms with Crippen LogP contribution in [0.3, 0.4) is 0 Å². The van der Waals surface area contributed by atoms with Gasteiger partial charge in [-0.1, -0.05) is 60.9 Å². The first kappa shape index (κ1) is 17.6. The average molecular weight is 368 g/mol. The van der Waals surface area contributed by atoms with E-state index in [-0.39, 0.29) is 16.8 Å².